The summed E-state index contributed by atoms with van der Waals surface area (Å²) >= 11 is 0. The second kappa shape index (κ2) is 5.33. The van der Waals surface area contributed by atoms with E-state index in [1.165, 1.54) is 13.8 Å². The molecular weight excluding hydrogens is 267 g/mol. The van der Waals surface area contributed by atoms with Gasteiger partial charge in [0.2, 0.25) is 0 Å². The van der Waals surface area contributed by atoms with Gasteiger partial charge >= 0.3 is 13.6 Å². The summed E-state index contributed by atoms with van der Waals surface area (Å²) in [4.78, 5) is 32.7. The van der Waals surface area contributed by atoms with Crippen LogP contribution in [0.1, 0.15) is 13.8 Å². The number of carbonyl (C=O) groups excluding carboxylic acids is 2. The summed E-state index contributed by atoms with van der Waals surface area (Å²) in [6, 6.07) is -0.690. The molecule has 1 heterocycles. The van der Waals surface area contributed by atoms with E-state index in [0.717, 1.165) is 19.1 Å². The Hall–Kier alpha value is -0.990. The lowest BCUT2D eigenvalue weighted by atomic mass is 10.1. The Balaban J connectivity index is 2.90. The van der Waals surface area contributed by atoms with Crippen LogP contribution in [-0.4, -0.2) is 42.9 Å². The summed E-state index contributed by atoms with van der Waals surface area (Å²) in [6.45, 7) is 2.99. The van der Waals surface area contributed by atoms with E-state index < -0.39 is 31.4 Å². The Morgan fingerprint density at radius 2 is 1.72 bits per heavy atom. The quantitative estimate of drug-likeness (QED) is 0.329. The highest BCUT2D eigenvalue weighted by Crippen LogP contribution is 2.50. The van der Waals surface area contributed by atoms with Crippen molar-refractivity contribution in [2.24, 2.45) is 0 Å². The van der Waals surface area contributed by atoms with Gasteiger partial charge in [-0.1, -0.05) is 0 Å². The number of hydrogen-bond acceptors (Lipinski definition) is 7. The molecule has 1 saturated heterocycles. The maximum absolute atomic E-state index is 12.1. The first-order valence-corrected chi connectivity index (χ1v) is 6.66. The molecule has 104 valence electrons. The maximum atomic E-state index is 12.1. The van der Waals surface area contributed by atoms with E-state index in [1.807, 2.05) is 0 Å². The number of nitrogens with one attached hydrogen (secondary N) is 1. The Labute approximate surface area is 104 Å². The van der Waals surface area contributed by atoms with E-state index in [4.69, 9.17) is 0 Å². The molecule has 0 aromatic carbocycles. The molecule has 0 radical (unpaired) electrons. The predicted molar refractivity (Wildman–Crippen MR) is 58.1 cm³/mol. The highest BCUT2D eigenvalue weighted by molar-refractivity contribution is 7.53. The molecule has 0 aromatic rings. The van der Waals surface area contributed by atoms with E-state index in [-0.39, 0.29) is 0 Å². The largest absolute Gasteiger partial charge is 0.403 e. The Morgan fingerprint density at radius 3 is 2.06 bits per heavy atom. The molecule has 0 aliphatic carbocycles. The van der Waals surface area contributed by atoms with E-state index in [1.54, 1.807) is 0 Å². The van der Waals surface area contributed by atoms with Crippen LogP contribution in [0.4, 0.5) is 4.79 Å². The van der Waals surface area contributed by atoms with Crippen LogP contribution in [-0.2, 0) is 28.5 Å². The molecule has 0 bridgehead atoms. The first kappa shape index (κ1) is 15.1. The van der Waals surface area contributed by atoms with Crippen molar-refractivity contribution in [1.29, 1.82) is 0 Å². The van der Waals surface area contributed by atoms with Gasteiger partial charge in [0.15, 0.2) is 0 Å². The third-order valence-electron chi connectivity index (χ3n) is 2.39. The molecule has 1 rings (SSSR count). The van der Waals surface area contributed by atoms with Crippen LogP contribution < -0.4 is 5.32 Å². The van der Waals surface area contributed by atoms with Crippen LogP contribution >= 0.6 is 7.60 Å². The Morgan fingerprint density at radius 1 is 1.22 bits per heavy atom. The number of urea groups is 1. The van der Waals surface area contributed by atoms with Crippen molar-refractivity contribution < 1.29 is 33.3 Å². The summed E-state index contributed by atoms with van der Waals surface area (Å²) in [5.41, 5.74) is -1.17. The molecule has 0 spiro atoms. The van der Waals surface area contributed by atoms with Gasteiger partial charge in [0.1, 0.15) is 11.8 Å². The SMILES string of the molecule is COOP(=O)(CN1C(=O)NC(=O)C1(C)C)OOC. The minimum Gasteiger partial charge on any atom is -0.298 e. The van der Waals surface area contributed by atoms with Gasteiger partial charge in [-0.3, -0.25) is 19.6 Å². The zero-order valence-corrected chi connectivity index (χ0v) is 11.4. The first-order valence-electron chi connectivity index (χ1n) is 4.94. The fourth-order valence-corrected chi connectivity index (χ4v) is 2.80. The molecule has 0 aromatic heterocycles. The third kappa shape index (κ3) is 2.88. The van der Waals surface area contributed by atoms with Crippen molar-refractivity contribution in [3.63, 3.8) is 0 Å². The Kier molecular flexibility index (Phi) is 4.46. The van der Waals surface area contributed by atoms with Crippen molar-refractivity contribution in [1.82, 2.24) is 10.2 Å². The maximum Gasteiger partial charge on any atom is 0.403 e. The molecule has 3 amide bonds. The molecule has 18 heavy (non-hydrogen) atoms. The molecule has 9 nitrogen and oxygen atoms in total. The molecule has 0 saturated carbocycles. The van der Waals surface area contributed by atoms with Crippen LogP contribution in [0.25, 0.3) is 0 Å². The topological polar surface area (TPSA) is 103 Å². The lowest BCUT2D eigenvalue weighted by Crippen LogP contribution is -2.44. The second-order valence-corrected chi connectivity index (χ2v) is 5.78. The van der Waals surface area contributed by atoms with Gasteiger partial charge in [-0.25, -0.2) is 14.6 Å². The van der Waals surface area contributed by atoms with E-state index in [0.29, 0.717) is 0 Å². The molecule has 10 heteroatoms. The van der Waals surface area contributed by atoms with Crippen LogP contribution in [0.2, 0.25) is 0 Å². The van der Waals surface area contributed by atoms with Gasteiger partial charge in [-0.05, 0) is 13.8 Å². The summed E-state index contributed by atoms with van der Waals surface area (Å²) in [6.07, 6.45) is -0.487. The molecule has 0 atom stereocenters. The smallest absolute Gasteiger partial charge is 0.298 e. The summed E-state index contributed by atoms with van der Waals surface area (Å²) in [7, 11) is -1.58. The highest BCUT2D eigenvalue weighted by atomic mass is 31.2. The van der Waals surface area contributed by atoms with Crippen molar-refractivity contribution in [2.45, 2.75) is 19.4 Å². The number of nitrogens with zero attached hydrogens (tertiary/aromatic N) is 1. The lowest BCUT2D eigenvalue weighted by molar-refractivity contribution is -0.243. The van der Waals surface area contributed by atoms with Gasteiger partial charge < -0.3 is 0 Å². The number of carbonyl (C=O) groups is 2. The fraction of sp³-hybridized carbons (Fsp3) is 0.750. The van der Waals surface area contributed by atoms with Gasteiger partial charge in [-0.15, -0.1) is 9.35 Å². The molecule has 1 aliphatic rings. The zero-order chi connectivity index (χ0) is 14.0. The summed E-state index contributed by atoms with van der Waals surface area (Å²) in [5, 5.41) is 2.10. The van der Waals surface area contributed by atoms with Crippen LogP contribution in [0.15, 0.2) is 0 Å². The number of amides is 3. The number of rotatable bonds is 6. The zero-order valence-electron chi connectivity index (χ0n) is 10.5. The average molecular weight is 282 g/mol. The van der Waals surface area contributed by atoms with Crippen LogP contribution in [0.5, 0.6) is 0 Å². The standard InChI is InChI=1S/C8H15N2O7P/c1-8(2)6(11)9-7(12)10(8)5-18(13,16-14-3)17-15-4/h5H2,1-4H3,(H,9,11,12). The van der Waals surface area contributed by atoms with Crippen molar-refractivity contribution in [3.05, 3.63) is 0 Å². The van der Waals surface area contributed by atoms with E-state index in [2.05, 4.69) is 24.4 Å². The predicted octanol–water partition coefficient (Wildman–Crippen LogP) is 0.623. The monoisotopic (exact) mass is 282 g/mol. The van der Waals surface area contributed by atoms with E-state index >= 15 is 0 Å². The third-order valence-corrected chi connectivity index (χ3v) is 3.77. The average Bonchev–Trinajstić information content (AvgIpc) is 2.42. The molecule has 0 unspecified atom stereocenters. The molecular formula is C8H15N2O7P. The minimum absolute atomic E-state index is 0.487. The van der Waals surface area contributed by atoms with Crippen LogP contribution in [0.3, 0.4) is 0 Å². The van der Waals surface area contributed by atoms with Crippen molar-refractivity contribution in [2.75, 3.05) is 20.5 Å². The minimum atomic E-state index is -3.84. The van der Waals surface area contributed by atoms with Gasteiger partial charge in [-0.2, -0.15) is 0 Å². The van der Waals surface area contributed by atoms with Crippen LogP contribution in [0, 0.1) is 0 Å². The van der Waals surface area contributed by atoms with E-state index in [9.17, 15) is 14.2 Å². The fourth-order valence-electron chi connectivity index (χ4n) is 1.39. The normalized spacial score (nSPS) is 19.2. The van der Waals surface area contributed by atoms with Gasteiger partial charge in [0.05, 0.1) is 14.2 Å². The van der Waals surface area contributed by atoms with Crippen molar-refractivity contribution in [3.8, 4) is 0 Å². The Bertz CT molecular complexity index is 387. The number of hydrogen-bond donors (Lipinski definition) is 1. The van der Waals surface area contributed by atoms with Gasteiger partial charge in [0.25, 0.3) is 5.91 Å². The van der Waals surface area contributed by atoms with Gasteiger partial charge in [0, 0.05) is 0 Å². The summed E-state index contributed by atoms with van der Waals surface area (Å²) in [5.74, 6) is -0.506. The molecule has 1 fully saturated rings. The lowest BCUT2D eigenvalue weighted by Gasteiger charge is -2.29. The number of imide groups is 1. The second-order valence-electron chi connectivity index (χ2n) is 3.98. The first-order chi connectivity index (χ1) is 8.27. The molecule has 1 aliphatic heterocycles. The summed E-state index contributed by atoms with van der Waals surface area (Å²) < 4.78 is 21.0. The van der Waals surface area contributed by atoms with Crippen molar-refractivity contribution >= 4 is 19.5 Å². The molecule has 1 N–H and O–H groups in total. The highest BCUT2D eigenvalue weighted by Gasteiger charge is 2.49.